The molecule has 118 valence electrons. The van der Waals surface area contributed by atoms with Gasteiger partial charge in [-0.05, 0) is 24.3 Å². The van der Waals surface area contributed by atoms with Gasteiger partial charge in [0.15, 0.2) is 15.8 Å². The summed E-state index contributed by atoms with van der Waals surface area (Å²) in [5, 5.41) is 0. The van der Waals surface area contributed by atoms with E-state index in [1.807, 2.05) is 0 Å². The lowest BCUT2D eigenvalue weighted by Gasteiger charge is -2.08. The molecular weight excluding hydrogens is 318 g/mol. The predicted octanol–water partition coefficient (Wildman–Crippen LogP) is 1.18. The maximum atomic E-state index is 12.6. The number of guanidine groups is 1. The van der Waals surface area contributed by atoms with Crippen LogP contribution in [0.2, 0.25) is 0 Å². The first-order valence-electron chi connectivity index (χ1n) is 6.63. The van der Waals surface area contributed by atoms with Crippen LogP contribution in [0, 0.1) is 0 Å². The van der Waals surface area contributed by atoms with E-state index in [1.54, 1.807) is 24.3 Å². The third-order valence-corrected chi connectivity index (χ3v) is 4.97. The van der Waals surface area contributed by atoms with Crippen LogP contribution in [0.3, 0.4) is 0 Å². The minimum atomic E-state index is -3.66. The number of amides is 1. The second-order valence-corrected chi connectivity index (χ2v) is 6.93. The zero-order chi connectivity index (χ0) is 16.6. The number of ether oxygens (including phenoxy) is 1. The first-order valence-corrected chi connectivity index (χ1v) is 8.28. The van der Waals surface area contributed by atoms with Crippen LogP contribution in [0.15, 0.2) is 52.4 Å². The zero-order valence-electron chi connectivity index (χ0n) is 11.9. The van der Waals surface area contributed by atoms with E-state index in [-0.39, 0.29) is 22.0 Å². The Labute approximate surface area is 132 Å². The smallest absolute Gasteiger partial charge is 0.280 e. The second-order valence-electron chi connectivity index (χ2n) is 4.97. The number of para-hydroxylation sites is 1. The number of nitrogens with zero attached hydrogens (tertiary/aromatic N) is 1. The maximum Gasteiger partial charge on any atom is 0.280 e. The van der Waals surface area contributed by atoms with Crippen molar-refractivity contribution < 1.29 is 17.9 Å². The number of aliphatic imine (C=N–C) groups is 1. The molecule has 23 heavy (non-hydrogen) atoms. The largest absolute Gasteiger partial charge is 0.456 e. The molecule has 7 nitrogen and oxygen atoms in total. The van der Waals surface area contributed by atoms with E-state index >= 15 is 0 Å². The molecule has 1 amide bonds. The molecule has 8 heteroatoms. The van der Waals surface area contributed by atoms with Gasteiger partial charge in [-0.3, -0.25) is 4.79 Å². The Morgan fingerprint density at radius 1 is 1.09 bits per heavy atom. The van der Waals surface area contributed by atoms with Crippen LogP contribution in [0.5, 0.6) is 11.5 Å². The van der Waals surface area contributed by atoms with Crippen molar-refractivity contribution in [2.24, 2.45) is 16.5 Å². The van der Waals surface area contributed by atoms with Gasteiger partial charge in [0, 0.05) is 11.1 Å². The molecule has 0 unspecified atom stereocenters. The Kier molecular flexibility index (Phi) is 3.53. The highest BCUT2D eigenvalue weighted by molar-refractivity contribution is 7.90. The lowest BCUT2D eigenvalue weighted by molar-refractivity contribution is 0.100. The van der Waals surface area contributed by atoms with Crippen molar-refractivity contribution in [1.29, 1.82) is 0 Å². The number of benzene rings is 2. The van der Waals surface area contributed by atoms with Crippen LogP contribution in [0.25, 0.3) is 0 Å². The van der Waals surface area contributed by atoms with Crippen molar-refractivity contribution in [3.05, 3.63) is 53.6 Å². The number of nitrogens with two attached hydrogens (primary N) is 2. The molecule has 1 aliphatic rings. The molecular formula is C15H13N3O4S. The van der Waals surface area contributed by atoms with Crippen LogP contribution in [0.4, 0.5) is 0 Å². The van der Waals surface area contributed by atoms with Crippen molar-refractivity contribution in [3.8, 4) is 11.5 Å². The Morgan fingerprint density at radius 3 is 2.57 bits per heavy atom. The first-order chi connectivity index (χ1) is 10.9. The standard InChI is InChI=1S/C15H13N3O4S/c16-15(17)18-14(19)9-5-6-12-13(7-9)23(20,21)8-10-3-1-2-4-11(10)22-12/h1-7H,8H2,(H4,16,17,18,19). The molecule has 1 heterocycles. The fourth-order valence-corrected chi connectivity index (χ4v) is 3.80. The number of carbonyl (C=O) groups is 1. The van der Waals surface area contributed by atoms with Gasteiger partial charge in [-0.25, -0.2) is 8.42 Å². The van der Waals surface area contributed by atoms with Crippen molar-refractivity contribution in [3.63, 3.8) is 0 Å². The normalized spacial score (nSPS) is 14.6. The number of rotatable bonds is 1. The van der Waals surface area contributed by atoms with E-state index in [0.29, 0.717) is 11.3 Å². The Bertz CT molecular complexity index is 931. The topological polar surface area (TPSA) is 125 Å². The summed E-state index contributed by atoms with van der Waals surface area (Å²) in [7, 11) is -3.66. The van der Waals surface area contributed by atoms with Gasteiger partial charge in [0.05, 0.1) is 5.75 Å². The zero-order valence-corrected chi connectivity index (χ0v) is 12.7. The predicted molar refractivity (Wildman–Crippen MR) is 84.0 cm³/mol. The molecule has 2 aromatic carbocycles. The van der Waals surface area contributed by atoms with E-state index in [4.69, 9.17) is 16.2 Å². The molecule has 2 aromatic rings. The van der Waals surface area contributed by atoms with Crippen LogP contribution >= 0.6 is 0 Å². The maximum absolute atomic E-state index is 12.6. The SMILES string of the molecule is NC(N)=NC(=O)c1ccc2c(c1)S(=O)(=O)Cc1ccccc1O2. The highest BCUT2D eigenvalue weighted by Crippen LogP contribution is 2.38. The molecule has 0 atom stereocenters. The number of hydrogen-bond donors (Lipinski definition) is 2. The Hall–Kier alpha value is -2.87. The summed E-state index contributed by atoms with van der Waals surface area (Å²) in [5.41, 5.74) is 11.0. The summed E-state index contributed by atoms with van der Waals surface area (Å²) in [6.07, 6.45) is 0. The summed E-state index contributed by atoms with van der Waals surface area (Å²) in [6.45, 7) is 0. The van der Waals surface area contributed by atoms with Crippen molar-refractivity contribution in [1.82, 2.24) is 0 Å². The number of carbonyl (C=O) groups excluding carboxylic acids is 1. The molecule has 3 rings (SSSR count). The fourth-order valence-electron chi connectivity index (χ4n) is 2.27. The van der Waals surface area contributed by atoms with E-state index in [9.17, 15) is 13.2 Å². The summed E-state index contributed by atoms with van der Waals surface area (Å²) >= 11 is 0. The summed E-state index contributed by atoms with van der Waals surface area (Å²) in [5.74, 6) is -0.689. The van der Waals surface area contributed by atoms with Crippen LogP contribution in [-0.2, 0) is 15.6 Å². The molecule has 0 bridgehead atoms. The second kappa shape index (κ2) is 5.40. The molecule has 0 saturated heterocycles. The molecule has 1 aliphatic heterocycles. The molecule has 4 N–H and O–H groups in total. The summed E-state index contributed by atoms with van der Waals surface area (Å²) in [4.78, 5) is 15.2. The number of hydrogen-bond acceptors (Lipinski definition) is 4. The van der Waals surface area contributed by atoms with Crippen molar-refractivity contribution >= 4 is 21.7 Å². The van der Waals surface area contributed by atoms with Gasteiger partial charge < -0.3 is 16.2 Å². The third kappa shape index (κ3) is 2.88. The van der Waals surface area contributed by atoms with Crippen LogP contribution < -0.4 is 16.2 Å². The molecule has 0 aromatic heterocycles. The van der Waals surface area contributed by atoms with Crippen molar-refractivity contribution in [2.75, 3.05) is 0 Å². The van der Waals surface area contributed by atoms with Gasteiger partial charge >= 0.3 is 0 Å². The molecule has 0 radical (unpaired) electrons. The highest BCUT2D eigenvalue weighted by Gasteiger charge is 2.27. The number of fused-ring (bicyclic) bond motifs is 2. The minimum Gasteiger partial charge on any atom is -0.456 e. The average Bonchev–Trinajstić information content (AvgIpc) is 2.59. The van der Waals surface area contributed by atoms with Gasteiger partial charge in [-0.1, -0.05) is 18.2 Å². The fraction of sp³-hybridized carbons (Fsp3) is 0.0667. The van der Waals surface area contributed by atoms with Crippen molar-refractivity contribution in [2.45, 2.75) is 10.6 Å². The summed E-state index contributed by atoms with van der Waals surface area (Å²) in [6, 6.07) is 10.9. The highest BCUT2D eigenvalue weighted by atomic mass is 32.2. The van der Waals surface area contributed by atoms with Gasteiger partial charge in [0.2, 0.25) is 0 Å². The quantitative estimate of drug-likeness (QED) is 0.597. The average molecular weight is 331 g/mol. The lowest BCUT2D eigenvalue weighted by Crippen LogP contribution is -2.24. The molecule has 0 saturated carbocycles. The summed E-state index contributed by atoms with van der Waals surface area (Å²) < 4.78 is 30.8. The lowest BCUT2D eigenvalue weighted by atomic mass is 10.2. The van der Waals surface area contributed by atoms with E-state index in [1.165, 1.54) is 18.2 Å². The van der Waals surface area contributed by atoms with Gasteiger partial charge in [0.1, 0.15) is 16.4 Å². The van der Waals surface area contributed by atoms with Crippen LogP contribution in [0.1, 0.15) is 15.9 Å². The number of sulfone groups is 1. The Balaban J connectivity index is 2.13. The molecule has 0 aliphatic carbocycles. The van der Waals surface area contributed by atoms with E-state index in [0.717, 1.165) is 0 Å². The van der Waals surface area contributed by atoms with Crippen LogP contribution in [-0.4, -0.2) is 20.3 Å². The molecule has 0 fully saturated rings. The minimum absolute atomic E-state index is 0.0645. The van der Waals surface area contributed by atoms with E-state index < -0.39 is 21.7 Å². The molecule has 0 spiro atoms. The van der Waals surface area contributed by atoms with Gasteiger partial charge in [-0.2, -0.15) is 4.99 Å². The first kappa shape index (κ1) is 15.0. The van der Waals surface area contributed by atoms with E-state index in [2.05, 4.69) is 4.99 Å². The third-order valence-electron chi connectivity index (χ3n) is 3.29. The monoisotopic (exact) mass is 331 g/mol. The Morgan fingerprint density at radius 2 is 1.83 bits per heavy atom. The van der Waals surface area contributed by atoms with Gasteiger partial charge in [-0.15, -0.1) is 0 Å². The van der Waals surface area contributed by atoms with Gasteiger partial charge in [0.25, 0.3) is 5.91 Å².